The molecule has 4 rings (SSSR count). The van der Waals surface area contributed by atoms with E-state index in [1.165, 1.54) is 51.4 Å². The van der Waals surface area contributed by atoms with E-state index < -0.39 is 0 Å². The largest absolute Gasteiger partial charge is 0.393 e. The topological polar surface area (TPSA) is 20.2 Å². The first-order valence-electron chi connectivity index (χ1n) is 8.93. The summed E-state index contributed by atoms with van der Waals surface area (Å²) >= 11 is 0. The molecule has 112 valence electrons. The first kappa shape index (κ1) is 13.4. The minimum absolute atomic E-state index is 0.0236. The Hall–Kier alpha value is -0.300. The molecule has 0 spiro atoms. The van der Waals surface area contributed by atoms with Gasteiger partial charge >= 0.3 is 0 Å². The average molecular weight is 274 g/mol. The van der Waals surface area contributed by atoms with Crippen LogP contribution in [-0.2, 0) is 0 Å². The Kier molecular flexibility index (Phi) is 2.91. The lowest BCUT2D eigenvalue weighted by Gasteiger charge is -2.57. The first-order chi connectivity index (χ1) is 9.56. The Morgan fingerprint density at radius 2 is 1.90 bits per heavy atom. The third-order valence-electron chi connectivity index (χ3n) is 7.98. The van der Waals surface area contributed by atoms with Gasteiger partial charge in [0.2, 0.25) is 0 Å². The van der Waals surface area contributed by atoms with E-state index in [9.17, 15) is 5.11 Å². The van der Waals surface area contributed by atoms with Gasteiger partial charge in [-0.1, -0.05) is 25.5 Å². The molecular formula is C19H30O. The van der Waals surface area contributed by atoms with Crippen molar-refractivity contribution in [2.45, 2.75) is 77.7 Å². The monoisotopic (exact) mass is 274 g/mol. The van der Waals surface area contributed by atoms with Crippen molar-refractivity contribution in [3.63, 3.8) is 0 Å². The number of allylic oxidation sites excluding steroid dienone is 2. The SMILES string of the molecule is C[C@]12CCC3C(CCC4=CCCC[C@@]43C)C1CCC2O. The maximum Gasteiger partial charge on any atom is 0.0596 e. The lowest BCUT2D eigenvalue weighted by Crippen LogP contribution is -2.50. The van der Waals surface area contributed by atoms with E-state index >= 15 is 0 Å². The van der Waals surface area contributed by atoms with Crippen LogP contribution in [0.25, 0.3) is 0 Å². The highest BCUT2D eigenvalue weighted by Crippen LogP contribution is 2.65. The first-order valence-corrected chi connectivity index (χ1v) is 8.93. The van der Waals surface area contributed by atoms with Crippen molar-refractivity contribution >= 4 is 0 Å². The minimum Gasteiger partial charge on any atom is -0.393 e. The summed E-state index contributed by atoms with van der Waals surface area (Å²) in [5, 5.41) is 10.5. The molecule has 3 fully saturated rings. The zero-order valence-corrected chi connectivity index (χ0v) is 13.2. The van der Waals surface area contributed by atoms with Crippen LogP contribution in [-0.4, -0.2) is 11.2 Å². The quantitative estimate of drug-likeness (QED) is 0.635. The minimum atomic E-state index is -0.0236. The summed E-state index contributed by atoms with van der Waals surface area (Å²) in [6, 6.07) is 0. The molecule has 3 saturated carbocycles. The molecule has 0 aromatic heterocycles. The molecule has 0 radical (unpaired) electrons. The van der Waals surface area contributed by atoms with Crippen molar-refractivity contribution in [1.29, 1.82) is 0 Å². The Balaban J connectivity index is 1.68. The van der Waals surface area contributed by atoms with E-state index in [2.05, 4.69) is 19.9 Å². The molecule has 0 aromatic rings. The van der Waals surface area contributed by atoms with E-state index in [4.69, 9.17) is 0 Å². The zero-order chi connectivity index (χ0) is 14.0. The molecule has 1 nitrogen and oxygen atoms in total. The number of fused-ring (bicyclic) bond motifs is 5. The summed E-state index contributed by atoms with van der Waals surface area (Å²) in [7, 11) is 0. The third kappa shape index (κ3) is 1.59. The van der Waals surface area contributed by atoms with Crippen LogP contribution < -0.4 is 0 Å². The second-order valence-corrected chi connectivity index (χ2v) is 8.59. The van der Waals surface area contributed by atoms with Crippen LogP contribution in [0.1, 0.15) is 71.6 Å². The smallest absolute Gasteiger partial charge is 0.0596 e. The van der Waals surface area contributed by atoms with Crippen molar-refractivity contribution in [1.82, 2.24) is 0 Å². The highest BCUT2D eigenvalue weighted by atomic mass is 16.3. The van der Waals surface area contributed by atoms with Gasteiger partial charge in [-0.3, -0.25) is 0 Å². The van der Waals surface area contributed by atoms with Gasteiger partial charge in [-0.2, -0.15) is 0 Å². The summed E-state index contributed by atoms with van der Waals surface area (Å²) in [6.07, 6.45) is 14.4. The molecule has 1 N–H and O–H groups in total. The number of aliphatic hydroxyl groups excluding tert-OH is 1. The van der Waals surface area contributed by atoms with Gasteiger partial charge in [-0.05, 0) is 86.4 Å². The zero-order valence-electron chi connectivity index (χ0n) is 13.2. The van der Waals surface area contributed by atoms with Gasteiger partial charge in [0.15, 0.2) is 0 Å². The second kappa shape index (κ2) is 4.35. The summed E-state index contributed by atoms with van der Waals surface area (Å²) in [6.45, 7) is 4.96. The van der Waals surface area contributed by atoms with Crippen LogP contribution >= 0.6 is 0 Å². The molecular weight excluding hydrogens is 244 g/mol. The standard InChI is InChI=1S/C19H30O/c1-18-11-4-3-5-13(18)6-7-14-15-8-9-17(20)19(15,2)12-10-16(14)18/h5,14-17,20H,3-4,6-12H2,1-2H3/t14?,15?,16?,17?,18-,19-/m0/s1. The molecule has 1 heteroatoms. The van der Waals surface area contributed by atoms with Crippen molar-refractivity contribution < 1.29 is 5.11 Å². The van der Waals surface area contributed by atoms with Crippen LogP contribution in [0.4, 0.5) is 0 Å². The van der Waals surface area contributed by atoms with E-state index in [0.29, 0.717) is 5.41 Å². The predicted molar refractivity (Wildman–Crippen MR) is 82.3 cm³/mol. The highest BCUT2D eigenvalue weighted by Gasteiger charge is 2.58. The van der Waals surface area contributed by atoms with Crippen LogP contribution in [0.3, 0.4) is 0 Å². The molecule has 4 aliphatic rings. The number of aliphatic hydroxyl groups is 1. The van der Waals surface area contributed by atoms with Gasteiger partial charge in [0.1, 0.15) is 0 Å². The normalized spacial score (nSPS) is 54.6. The van der Waals surface area contributed by atoms with Gasteiger partial charge in [0, 0.05) is 0 Å². The summed E-state index contributed by atoms with van der Waals surface area (Å²) < 4.78 is 0. The lowest BCUT2D eigenvalue weighted by atomic mass is 9.47. The molecule has 0 bridgehead atoms. The van der Waals surface area contributed by atoms with E-state index in [1.54, 1.807) is 5.57 Å². The fraction of sp³-hybridized carbons (Fsp3) is 0.895. The van der Waals surface area contributed by atoms with Gasteiger partial charge in [-0.15, -0.1) is 0 Å². The lowest BCUT2D eigenvalue weighted by molar-refractivity contribution is -0.0736. The fourth-order valence-corrected chi connectivity index (χ4v) is 6.73. The molecule has 6 atom stereocenters. The maximum absolute atomic E-state index is 10.5. The Morgan fingerprint density at radius 3 is 2.75 bits per heavy atom. The van der Waals surface area contributed by atoms with Crippen LogP contribution in [0.2, 0.25) is 0 Å². The second-order valence-electron chi connectivity index (χ2n) is 8.59. The van der Waals surface area contributed by atoms with E-state index in [0.717, 1.165) is 24.2 Å². The number of rotatable bonds is 0. The van der Waals surface area contributed by atoms with Crippen molar-refractivity contribution in [2.75, 3.05) is 0 Å². The Labute approximate surface area is 123 Å². The van der Waals surface area contributed by atoms with Gasteiger partial charge in [0.25, 0.3) is 0 Å². The molecule has 0 aromatic carbocycles. The van der Waals surface area contributed by atoms with Crippen LogP contribution in [0, 0.1) is 28.6 Å². The van der Waals surface area contributed by atoms with Gasteiger partial charge in [-0.25, -0.2) is 0 Å². The fourth-order valence-electron chi connectivity index (χ4n) is 6.73. The van der Waals surface area contributed by atoms with Gasteiger partial charge in [0.05, 0.1) is 6.10 Å². The van der Waals surface area contributed by atoms with E-state index in [-0.39, 0.29) is 11.5 Å². The Morgan fingerprint density at radius 1 is 1.05 bits per heavy atom. The Bertz CT molecular complexity index is 439. The molecule has 0 heterocycles. The predicted octanol–water partition coefficient (Wildman–Crippen LogP) is 4.70. The van der Waals surface area contributed by atoms with Crippen molar-refractivity contribution in [3.8, 4) is 0 Å². The molecule has 0 amide bonds. The number of hydrogen-bond donors (Lipinski definition) is 1. The molecule has 0 saturated heterocycles. The summed E-state index contributed by atoms with van der Waals surface area (Å²) in [5.74, 6) is 2.61. The third-order valence-corrected chi connectivity index (χ3v) is 7.98. The molecule has 4 aliphatic carbocycles. The summed E-state index contributed by atoms with van der Waals surface area (Å²) in [4.78, 5) is 0. The number of hydrogen-bond acceptors (Lipinski definition) is 1. The highest BCUT2D eigenvalue weighted by molar-refractivity contribution is 5.23. The van der Waals surface area contributed by atoms with E-state index in [1.807, 2.05) is 0 Å². The van der Waals surface area contributed by atoms with Gasteiger partial charge < -0.3 is 5.11 Å². The van der Waals surface area contributed by atoms with Crippen LogP contribution in [0.5, 0.6) is 0 Å². The van der Waals surface area contributed by atoms with Crippen LogP contribution in [0.15, 0.2) is 11.6 Å². The molecule has 20 heavy (non-hydrogen) atoms. The van der Waals surface area contributed by atoms with Crippen molar-refractivity contribution in [3.05, 3.63) is 11.6 Å². The maximum atomic E-state index is 10.5. The summed E-state index contributed by atoms with van der Waals surface area (Å²) in [5.41, 5.74) is 2.55. The molecule has 4 unspecified atom stereocenters. The average Bonchev–Trinajstić information content (AvgIpc) is 2.74. The molecule has 0 aliphatic heterocycles. The van der Waals surface area contributed by atoms with Crippen molar-refractivity contribution in [2.24, 2.45) is 28.6 Å².